The zero-order valence-electron chi connectivity index (χ0n) is 15.4. The minimum absolute atomic E-state index is 0.00337. The molecule has 3 heterocycles. The molecule has 146 valence electrons. The Bertz CT molecular complexity index is 920. The third kappa shape index (κ3) is 4.80. The normalized spacial score (nSPS) is 19.5. The van der Waals surface area contributed by atoms with Crippen molar-refractivity contribution in [3.05, 3.63) is 58.8 Å². The number of para-hydroxylation sites is 1. The molecule has 0 aliphatic carbocycles. The lowest BCUT2D eigenvalue weighted by molar-refractivity contribution is -1.02. The van der Waals surface area contributed by atoms with Gasteiger partial charge in [-0.15, -0.1) is 11.3 Å². The summed E-state index contributed by atoms with van der Waals surface area (Å²) in [6.07, 6.45) is 1.76. The van der Waals surface area contributed by atoms with Crippen LogP contribution in [0.2, 0.25) is 5.02 Å². The molecule has 6 nitrogen and oxygen atoms in total. The molecule has 8 heteroatoms. The van der Waals surface area contributed by atoms with E-state index in [-0.39, 0.29) is 5.91 Å². The first-order valence-electron chi connectivity index (χ1n) is 9.37. The maximum Gasteiger partial charge on any atom is 0.279 e. The summed E-state index contributed by atoms with van der Waals surface area (Å²) in [5, 5.41) is 5.49. The van der Waals surface area contributed by atoms with Crippen molar-refractivity contribution >= 4 is 34.5 Å². The molecule has 1 aromatic carbocycles. The third-order valence-electron chi connectivity index (χ3n) is 4.94. The van der Waals surface area contributed by atoms with Gasteiger partial charge in [0.1, 0.15) is 44.7 Å². The first kappa shape index (κ1) is 19.1. The number of amides is 1. The number of hydrogen-bond acceptors (Lipinski definition) is 4. The van der Waals surface area contributed by atoms with Crippen LogP contribution in [-0.2, 0) is 11.3 Å². The van der Waals surface area contributed by atoms with E-state index in [0.717, 1.165) is 43.3 Å². The Morgan fingerprint density at radius 1 is 1.14 bits per heavy atom. The summed E-state index contributed by atoms with van der Waals surface area (Å²) >= 11 is 7.73. The van der Waals surface area contributed by atoms with Crippen molar-refractivity contribution in [3.63, 3.8) is 0 Å². The van der Waals surface area contributed by atoms with Gasteiger partial charge < -0.3 is 19.5 Å². The van der Waals surface area contributed by atoms with E-state index in [9.17, 15) is 4.79 Å². The molecule has 0 atom stereocenters. The van der Waals surface area contributed by atoms with E-state index < -0.39 is 0 Å². The highest BCUT2D eigenvalue weighted by Gasteiger charge is 2.26. The molecular weight excluding hydrogens is 396 g/mol. The van der Waals surface area contributed by atoms with Crippen molar-refractivity contribution < 1.29 is 19.0 Å². The highest BCUT2D eigenvalue weighted by Crippen LogP contribution is 2.23. The molecule has 0 saturated carbocycles. The molecule has 3 N–H and O–H groups in total. The summed E-state index contributed by atoms with van der Waals surface area (Å²) in [7, 11) is 0. The van der Waals surface area contributed by atoms with Gasteiger partial charge in [0, 0.05) is 0 Å². The minimum Gasteiger partial charge on any atom is -0.443 e. The quantitative estimate of drug-likeness (QED) is 0.559. The molecule has 0 bridgehead atoms. The van der Waals surface area contributed by atoms with E-state index in [2.05, 4.69) is 10.3 Å². The molecule has 1 aliphatic rings. The van der Waals surface area contributed by atoms with Crippen molar-refractivity contribution in [1.82, 2.24) is 4.98 Å². The average Bonchev–Trinajstić information content (AvgIpc) is 3.37. The fourth-order valence-electron chi connectivity index (χ4n) is 3.45. The van der Waals surface area contributed by atoms with Gasteiger partial charge in [-0.25, -0.2) is 4.98 Å². The van der Waals surface area contributed by atoms with Crippen LogP contribution in [0.5, 0.6) is 0 Å². The highest BCUT2D eigenvalue weighted by atomic mass is 35.5. The van der Waals surface area contributed by atoms with E-state index in [1.165, 1.54) is 9.80 Å². The molecule has 4 rings (SSSR count). The summed E-state index contributed by atoms with van der Waals surface area (Å²) in [4.78, 5) is 20.7. The van der Waals surface area contributed by atoms with Gasteiger partial charge in [-0.1, -0.05) is 29.8 Å². The molecule has 1 aliphatic heterocycles. The molecular formula is C20H23ClN4O2S+2. The fraction of sp³-hybridized carbons (Fsp3) is 0.300. The molecule has 0 radical (unpaired) electrons. The van der Waals surface area contributed by atoms with Crippen LogP contribution < -0.4 is 15.1 Å². The Kier molecular flexibility index (Phi) is 6.07. The number of hydrogen-bond donors (Lipinski definition) is 3. The van der Waals surface area contributed by atoms with Crippen molar-refractivity contribution in [2.24, 2.45) is 0 Å². The summed E-state index contributed by atoms with van der Waals surface area (Å²) in [5.74, 6) is 0.702. The number of nitrogens with one attached hydrogen (secondary N) is 3. The maximum absolute atomic E-state index is 12.3. The second-order valence-corrected chi connectivity index (χ2v) is 8.36. The Hall–Kier alpha value is -2.19. The molecule has 0 spiro atoms. The number of oxazole rings is 1. The van der Waals surface area contributed by atoms with Crippen molar-refractivity contribution in [3.8, 4) is 10.8 Å². The third-order valence-corrected chi connectivity index (χ3v) is 6.12. The van der Waals surface area contributed by atoms with E-state index in [4.69, 9.17) is 16.0 Å². The topological polar surface area (TPSA) is 64.0 Å². The number of rotatable bonds is 6. The number of thiophene rings is 1. The standard InChI is InChI=1S/C20H21ClN4O2S/c21-16-4-1-2-5-17(16)23-19(26)13-25-9-7-24(8-10-25)12-15-14-27-20(22-15)18-6-3-11-28-18/h1-6,11,14H,7-10,12-13H2,(H,23,26)/p+2. The van der Waals surface area contributed by atoms with Crippen LogP contribution in [0, 0.1) is 0 Å². The van der Waals surface area contributed by atoms with Gasteiger partial charge in [-0.05, 0) is 23.6 Å². The predicted octanol–water partition coefficient (Wildman–Crippen LogP) is 0.979. The second kappa shape index (κ2) is 8.87. The van der Waals surface area contributed by atoms with E-state index in [1.807, 2.05) is 35.7 Å². The first-order chi connectivity index (χ1) is 13.7. The largest absolute Gasteiger partial charge is 0.443 e. The Labute approximate surface area is 172 Å². The van der Waals surface area contributed by atoms with Crippen LogP contribution in [0.15, 0.2) is 52.5 Å². The van der Waals surface area contributed by atoms with Crippen LogP contribution in [0.3, 0.4) is 0 Å². The Balaban J connectivity index is 1.23. The maximum atomic E-state index is 12.3. The summed E-state index contributed by atoms with van der Waals surface area (Å²) in [6.45, 7) is 5.26. The summed E-state index contributed by atoms with van der Waals surface area (Å²) in [6, 6.07) is 11.3. The van der Waals surface area contributed by atoms with Crippen molar-refractivity contribution in [2.75, 3.05) is 38.0 Å². The first-order valence-corrected chi connectivity index (χ1v) is 10.6. The van der Waals surface area contributed by atoms with Gasteiger partial charge in [0.2, 0.25) is 5.89 Å². The van der Waals surface area contributed by atoms with E-state index in [1.54, 1.807) is 23.7 Å². The molecule has 1 saturated heterocycles. The number of carbonyl (C=O) groups is 1. The minimum atomic E-state index is 0.00337. The van der Waals surface area contributed by atoms with Gasteiger partial charge >= 0.3 is 0 Å². The predicted molar refractivity (Wildman–Crippen MR) is 110 cm³/mol. The van der Waals surface area contributed by atoms with Gasteiger partial charge in [-0.2, -0.15) is 0 Å². The van der Waals surface area contributed by atoms with Crippen LogP contribution in [0.4, 0.5) is 5.69 Å². The molecule has 1 fully saturated rings. The monoisotopic (exact) mass is 418 g/mol. The van der Waals surface area contributed by atoms with Crippen LogP contribution in [-0.4, -0.2) is 43.6 Å². The van der Waals surface area contributed by atoms with Crippen molar-refractivity contribution in [2.45, 2.75) is 6.54 Å². The Morgan fingerprint density at radius 2 is 1.93 bits per heavy atom. The molecule has 0 unspecified atom stereocenters. The zero-order valence-corrected chi connectivity index (χ0v) is 17.0. The lowest BCUT2D eigenvalue weighted by atomic mass is 10.3. The van der Waals surface area contributed by atoms with Gasteiger partial charge in [0.25, 0.3) is 5.91 Å². The number of halogens is 1. The number of nitrogens with zero attached hydrogens (tertiary/aromatic N) is 1. The van der Waals surface area contributed by atoms with Gasteiger partial charge in [-0.3, -0.25) is 4.79 Å². The summed E-state index contributed by atoms with van der Waals surface area (Å²) in [5.41, 5.74) is 1.66. The zero-order chi connectivity index (χ0) is 19.3. The summed E-state index contributed by atoms with van der Waals surface area (Å²) < 4.78 is 5.61. The highest BCUT2D eigenvalue weighted by molar-refractivity contribution is 7.13. The number of benzene rings is 1. The van der Waals surface area contributed by atoms with E-state index in [0.29, 0.717) is 23.1 Å². The fourth-order valence-corrected chi connectivity index (χ4v) is 4.29. The SMILES string of the molecule is O=C(C[NH+]1CC[NH+](Cc2coc(-c3cccs3)n2)CC1)Nc1ccccc1Cl. The second-order valence-electron chi connectivity index (χ2n) is 7.00. The van der Waals surface area contributed by atoms with Crippen LogP contribution in [0.25, 0.3) is 10.8 Å². The molecule has 1 amide bonds. The molecule has 3 aromatic rings. The van der Waals surface area contributed by atoms with E-state index >= 15 is 0 Å². The lowest BCUT2D eigenvalue weighted by Gasteiger charge is -2.28. The molecule has 28 heavy (non-hydrogen) atoms. The molecule has 2 aromatic heterocycles. The number of quaternary nitrogens is 2. The lowest BCUT2D eigenvalue weighted by Crippen LogP contribution is -3.28. The van der Waals surface area contributed by atoms with Crippen LogP contribution >= 0.6 is 22.9 Å². The van der Waals surface area contributed by atoms with Crippen molar-refractivity contribution in [1.29, 1.82) is 0 Å². The van der Waals surface area contributed by atoms with Crippen LogP contribution in [0.1, 0.15) is 5.69 Å². The smallest absolute Gasteiger partial charge is 0.279 e. The van der Waals surface area contributed by atoms with Gasteiger partial charge in [0.05, 0.1) is 15.6 Å². The van der Waals surface area contributed by atoms with Gasteiger partial charge in [0.15, 0.2) is 6.54 Å². The Morgan fingerprint density at radius 3 is 2.68 bits per heavy atom. The number of aromatic nitrogens is 1. The number of piperazine rings is 1. The average molecular weight is 419 g/mol. The number of carbonyl (C=O) groups excluding carboxylic acids is 1. The number of anilines is 1.